The Balaban J connectivity index is 1.92. The highest BCUT2D eigenvalue weighted by Crippen LogP contribution is 2.24. The van der Waals surface area contributed by atoms with E-state index in [4.69, 9.17) is 0 Å². The molecule has 0 saturated carbocycles. The van der Waals surface area contributed by atoms with Crippen LogP contribution < -0.4 is 5.32 Å². The zero-order chi connectivity index (χ0) is 24.0. The van der Waals surface area contributed by atoms with Gasteiger partial charge in [-0.15, -0.1) is 0 Å². The summed E-state index contributed by atoms with van der Waals surface area (Å²) in [5.41, 5.74) is 4.24. The lowest BCUT2D eigenvalue weighted by atomic mass is 10.0. The number of carbonyl (C=O) groups excluding carboxylic acids is 1. The molecule has 33 heavy (non-hydrogen) atoms. The third-order valence-corrected chi connectivity index (χ3v) is 7.32. The molecule has 0 radical (unpaired) electrons. The summed E-state index contributed by atoms with van der Waals surface area (Å²) in [6.07, 6.45) is 1.48. The van der Waals surface area contributed by atoms with E-state index >= 15 is 0 Å². The van der Waals surface area contributed by atoms with Crippen LogP contribution in [0.25, 0.3) is 0 Å². The molecule has 0 aliphatic carbocycles. The molecule has 0 fully saturated rings. The number of benzene rings is 3. The number of hydrogen-bond acceptors (Lipinski definition) is 3. The minimum absolute atomic E-state index is 0.0556. The monoisotopic (exact) mass is 468 g/mol. The smallest absolute Gasteiger partial charge is 0.243 e. The number of para-hydroxylation sites is 1. The maximum Gasteiger partial charge on any atom is 0.243 e. The van der Waals surface area contributed by atoms with Crippen LogP contribution in [0.4, 0.5) is 10.1 Å². The fourth-order valence-electron chi connectivity index (χ4n) is 3.62. The minimum Gasteiger partial charge on any atom is -0.324 e. The average molecular weight is 469 g/mol. The third kappa shape index (κ3) is 6.06. The van der Waals surface area contributed by atoms with Crippen LogP contribution in [0.5, 0.6) is 0 Å². The summed E-state index contributed by atoms with van der Waals surface area (Å²) in [6.45, 7) is 5.46. The molecule has 5 nitrogen and oxygen atoms in total. The summed E-state index contributed by atoms with van der Waals surface area (Å²) in [7, 11) is -3.97. The zero-order valence-corrected chi connectivity index (χ0v) is 20.0. The van der Waals surface area contributed by atoms with Crippen LogP contribution in [-0.2, 0) is 34.2 Å². The van der Waals surface area contributed by atoms with Crippen molar-refractivity contribution in [1.82, 2.24) is 4.31 Å². The average Bonchev–Trinajstić information content (AvgIpc) is 2.80. The van der Waals surface area contributed by atoms with E-state index in [1.54, 1.807) is 12.1 Å². The second-order valence-electron chi connectivity index (χ2n) is 7.92. The van der Waals surface area contributed by atoms with Crippen molar-refractivity contribution < 1.29 is 17.6 Å². The van der Waals surface area contributed by atoms with Crippen LogP contribution in [0.15, 0.2) is 71.6 Å². The molecule has 3 aromatic rings. The van der Waals surface area contributed by atoms with Gasteiger partial charge in [0, 0.05) is 12.2 Å². The highest BCUT2D eigenvalue weighted by atomic mass is 32.2. The van der Waals surface area contributed by atoms with Gasteiger partial charge in [0.05, 0.1) is 11.4 Å². The van der Waals surface area contributed by atoms with Crippen molar-refractivity contribution in [2.24, 2.45) is 0 Å². The number of hydrogen-bond donors (Lipinski definition) is 1. The van der Waals surface area contributed by atoms with Crippen molar-refractivity contribution >= 4 is 21.6 Å². The Bertz CT molecular complexity index is 1190. The molecule has 1 N–H and O–H groups in total. The molecule has 0 unspecified atom stereocenters. The van der Waals surface area contributed by atoms with Crippen molar-refractivity contribution in [2.75, 3.05) is 11.9 Å². The molecule has 0 spiro atoms. The van der Waals surface area contributed by atoms with Gasteiger partial charge in [-0.3, -0.25) is 4.79 Å². The fourth-order valence-corrected chi connectivity index (χ4v) is 5.01. The van der Waals surface area contributed by atoms with Gasteiger partial charge in [0.25, 0.3) is 0 Å². The predicted molar refractivity (Wildman–Crippen MR) is 129 cm³/mol. The van der Waals surface area contributed by atoms with Crippen molar-refractivity contribution in [1.29, 1.82) is 0 Å². The van der Waals surface area contributed by atoms with Crippen molar-refractivity contribution in [2.45, 2.75) is 45.1 Å². The van der Waals surface area contributed by atoms with E-state index in [2.05, 4.69) is 5.32 Å². The number of nitrogens with zero attached hydrogens (tertiary/aromatic N) is 1. The maximum absolute atomic E-state index is 13.4. The molecule has 0 aromatic heterocycles. The van der Waals surface area contributed by atoms with Crippen molar-refractivity contribution in [3.05, 3.63) is 94.8 Å². The van der Waals surface area contributed by atoms with Gasteiger partial charge < -0.3 is 5.32 Å². The molecule has 174 valence electrons. The number of amides is 1. The molecule has 0 aliphatic heterocycles. The van der Waals surface area contributed by atoms with Crippen molar-refractivity contribution in [3.8, 4) is 0 Å². The number of sulfonamides is 1. The number of rotatable bonds is 9. The Hall–Kier alpha value is -3.03. The molecule has 0 atom stereocenters. The lowest BCUT2D eigenvalue weighted by Crippen LogP contribution is -2.37. The van der Waals surface area contributed by atoms with Gasteiger partial charge in [0.2, 0.25) is 15.9 Å². The molecule has 0 bridgehead atoms. The van der Waals surface area contributed by atoms with Crippen LogP contribution in [0.2, 0.25) is 0 Å². The summed E-state index contributed by atoms with van der Waals surface area (Å²) >= 11 is 0. The van der Waals surface area contributed by atoms with Gasteiger partial charge >= 0.3 is 0 Å². The van der Waals surface area contributed by atoms with E-state index in [1.807, 2.05) is 39.0 Å². The predicted octanol–water partition coefficient (Wildman–Crippen LogP) is 5.09. The molecule has 0 aliphatic rings. The third-order valence-electron chi connectivity index (χ3n) is 5.51. The topological polar surface area (TPSA) is 66.5 Å². The first-order chi connectivity index (χ1) is 15.7. The summed E-state index contributed by atoms with van der Waals surface area (Å²) in [5, 5.41) is 2.93. The van der Waals surface area contributed by atoms with Crippen LogP contribution in [0.1, 0.15) is 36.1 Å². The Kier molecular flexibility index (Phi) is 8.00. The minimum atomic E-state index is -3.97. The van der Waals surface area contributed by atoms with Crippen LogP contribution in [0.3, 0.4) is 0 Å². The van der Waals surface area contributed by atoms with Gasteiger partial charge in [-0.05, 0) is 60.7 Å². The standard InChI is InChI=1S/C26H29FN2O3S/c1-4-21-7-6-8-22(5-2)26(21)28-25(30)18-29(17-20-11-13-23(27)14-12-20)33(31,32)24-15-9-19(3)10-16-24/h6-16H,4-5,17-18H2,1-3H3,(H,28,30). The van der Waals surface area contributed by atoms with Gasteiger partial charge in [-0.25, -0.2) is 12.8 Å². The first kappa shape index (κ1) is 24.6. The lowest BCUT2D eigenvalue weighted by Gasteiger charge is -2.23. The van der Waals surface area contributed by atoms with E-state index in [0.717, 1.165) is 39.5 Å². The Morgan fingerprint density at radius 2 is 1.48 bits per heavy atom. The van der Waals surface area contributed by atoms with Gasteiger partial charge in [-0.2, -0.15) is 4.31 Å². The van der Waals surface area contributed by atoms with E-state index < -0.39 is 21.7 Å². The van der Waals surface area contributed by atoms with Crippen LogP contribution in [-0.4, -0.2) is 25.2 Å². The SMILES string of the molecule is CCc1cccc(CC)c1NC(=O)CN(Cc1ccc(F)cc1)S(=O)(=O)c1ccc(C)cc1. The molecule has 0 saturated heterocycles. The number of aryl methyl sites for hydroxylation is 3. The van der Waals surface area contributed by atoms with Crippen LogP contribution in [0, 0.1) is 12.7 Å². The number of anilines is 1. The zero-order valence-electron chi connectivity index (χ0n) is 19.1. The van der Waals surface area contributed by atoms with E-state index in [-0.39, 0.29) is 18.0 Å². The number of nitrogens with one attached hydrogen (secondary N) is 1. The molecule has 3 rings (SSSR count). The van der Waals surface area contributed by atoms with Gasteiger partial charge in [0.15, 0.2) is 0 Å². The van der Waals surface area contributed by atoms with Gasteiger partial charge in [0.1, 0.15) is 5.82 Å². The highest BCUT2D eigenvalue weighted by Gasteiger charge is 2.27. The number of halogens is 1. The normalized spacial score (nSPS) is 11.5. The summed E-state index contributed by atoms with van der Waals surface area (Å²) in [4.78, 5) is 13.2. The summed E-state index contributed by atoms with van der Waals surface area (Å²) in [6, 6.07) is 17.9. The first-order valence-corrected chi connectivity index (χ1v) is 12.4. The Morgan fingerprint density at radius 3 is 2.03 bits per heavy atom. The molecule has 7 heteroatoms. The maximum atomic E-state index is 13.4. The summed E-state index contributed by atoms with van der Waals surface area (Å²) in [5.74, 6) is -0.837. The molecule has 3 aromatic carbocycles. The molecular weight excluding hydrogens is 439 g/mol. The van der Waals surface area contributed by atoms with E-state index in [0.29, 0.717) is 5.56 Å². The first-order valence-electron chi connectivity index (χ1n) is 11.0. The molecular formula is C26H29FN2O3S. The van der Waals surface area contributed by atoms with Gasteiger partial charge in [-0.1, -0.05) is 61.9 Å². The lowest BCUT2D eigenvalue weighted by molar-refractivity contribution is -0.116. The van der Waals surface area contributed by atoms with E-state index in [1.165, 1.54) is 36.4 Å². The fraction of sp³-hybridized carbons (Fsp3) is 0.269. The van der Waals surface area contributed by atoms with Crippen molar-refractivity contribution in [3.63, 3.8) is 0 Å². The quantitative estimate of drug-likeness (QED) is 0.476. The molecule has 1 amide bonds. The Morgan fingerprint density at radius 1 is 0.909 bits per heavy atom. The van der Waals surface area contributed by atoms with E-state index in [9.17, 15) is 17.6 Å². The summed E-state index contributed by atoms with van der Waals surface area (Å²) < 4.78 is 41.3. The highest BCUT2D eigenvalue weighted by molar-refractivity contribution is 7.89. The Labute approximate surface area is 195 Å². The second kappa shape index (κ2) is 10.7. The largest absolute Gasteiger partial charge is 0.324 e. The second-order valence-corrected chi connectivity index (χ2v) is 9.86. The molecule has 0 heterocycles. The van der Waals surface area contributed by atoms with Crippen LogP contribution >= 0.6 is 0 Å². The number of carbonyl (C=O) groups is 1.